The Hall–Kier alpha value is -2.74. The van der Waals surface area contributed by atoms with Crippen LogP contribution in [0.5, 0.6) is 0 Å². The van der Waals surface area contributed by atoms with Crippen molar-refractivity contribution in [1.29, 1.82) is 0 Å². The highest BCUT2D eigenvalue weighted by atomic mass is 35.5. The lowest BCUT2D eigenvalue weighted by Gasteiger charge is -2.17. The fraction of sp³-hybridized carbons (Fsp3) is 0.0417. The van der Waals surface area contributed by atoms with Crippen LogP contribution in [0.2, 0.25) is 20.1 Å². The first-order valence-corrected chi connectivity index (χ1v) is 11.9. The number of anilines is 2. The maximum absolute atomic E-state index is 13.0. The van der Waals surface area contributed by atoms with Crippen LogP contribution in [0, 0.1) is 0 Å². The second-order valence-electron chi connectivity index (χ2n) is 7.33. The van der Waals surface area contributed by atoms with Crippen LogP contribution in [-0.4, -0.2) is 17.7 Å². The molecule has 4 rings (SSSR count). The van der Waals surface area contributed by atoms with E-state index in [1.54, 1.807) is 48.5 Å². The Labute approximate surface area is 225 Å². The van der Waals surface area contributed by atoms with E-state index in [0.29, 0.717) is 21.3 Å². The van der Waals surface area contributed by atoms with Gasteiger partial charge in [0, 0.05) is 27.8 Å². The maximum Gasteiger partial charge on any atom is 0.283 e. The molecule has 178 valence electrons. The zero-order valence-corrected chi connectivity index (χ0v) is 21.3. The third kappa shape index (κ3) is 5.27. The molecule has 3 aromatic rings. The molecular weight excluding hydrogens is 556 g/mol. The molecule has 0 aliphatic carbocycles. The van der Waals surface area contributed by atoms with Crippen molar-refractivity contribution in [2.75, 3.05) is 10.2 Å². The van der Waals surface area contributed by atoms with Crippen LogP contribution < -0.4 is 15.5 Å². The van der Waals surface area contributed by atoms with Gasteiger partial charge in [-0.2, -0.15) is 0 Å². The lowest BCUT2D eigenvalue weighted by Crippen LogP contribution is -2.32. The third-order valence-electron chi connectivity index (χ3n) is 5.07. The number of benzene rings is 3. The molecule has 11 heteroatoms. The number of nitrogens with zero attached hydrogens (tertiary/aromatic N) is 1. The molecule has 0 saturated heterocycles. The maximum atomic E-state index is 13.0. The van der Waals surface area contributed by atoms with Crippen molar-refractivity contribution in [2.24, 2.45) is 0 Å². The zero-order valence-electron chi connectivity index (χ0n) is 17.5. The topological polar surface area (TPSA) is 78.5 Å². The summed E-state index contributed by atoms with van der Waals surface area (Å²) in [6.45, 7) is 0.218. The normalized spacial score (nSPS) is 13.5. The largest absolute Gasteiger partial charge is 0.350 e. The van der Waals surface area contributed by atoms with Gasteiger partial charge in [-0.1, -0.05) is 70.1 Å². The molecule has 0 unspecified atom stereocenters. The van der Waals surface area contributed by atoms with Crippen molar-refractivity contribution in [2.45, 2.75) is 6.54 Å². The predicted octanol–water partition coefficient (Wildman–Crippen LogP) is 6.67. The fourth-order valence-corrected chi connectivity index (χ4v) is 4.36. The lowest BCUT2D eigenvalue weighted by molar-refractivity contribution is -0.120. The highest BCUT2D eigenvalue weighted by Gasteiger charge is 2.40. The Kier molecular flexibility index (Phi) is 7.59. The monoisotopic (exact) mass is 567 g/mol. The van der Waals surface area contributed by atoms with Crippen LogP contribution in [0.15, 0.2) is 71.4 Å². The standard InChI is InChI=1S/C24H14Cl5N3O3/c25-14-7-4-13(17(27)10-14)11-30-22(33)12-5-8-15(9-6-12)31-21-20(29)23(34)32(24(21)35)18-3-1-2-16(26)19(18)28/h1-10,31H,11H2,(H,30,33). The summed E-state index contributed by atoms with van der Waals surface area (Å²) in [4.78, 5) is 39.0. The molecule has 0 fully saturated rings. The van der Waals surface area contributed by atoms with Crippen molar-refractivity contribution < 1.29 is 14.4 Å². The second kappa shape index (κ2) is 10.5. The number of amides is 3. The highest BCUT2D eigenvalue weighted by Crippen LogP contribution is 2.37. The summed E-state index contributed by atoms with van der Waals surface area (Å²) in [5.41, 5.74) is 1.54. The molecular formula is C24H14Cl5N3O3. The minimum Gasteiger partial charge on any atom is -0.350 e. The van der Waals surface area contributed by atoms with Gasteiger partial charge in [-0.05, 0) is 54.1 Å². The summed E-state index contributed by atoms with van der Waals surface area (Å²) < 4.78 is 0. The fourth-order valence-electron chi connectivity index (χ4n) is 3.29. The van der Waals surface area contributed by atoms with Crippen LogP contribution in [0.25, 0.3) is 0 Å². The van der Waals surface area contributed by atoms with Crippen molar-refractivity contribution in [1.82, 2.24) is 5.32 Å². The molecule has 35 heavy (non-hydrogen) atoms. The van der Waals surface area contributed by atoms with Gasteiger partial charge in [-0.15, -0.1) is 0 Å². The van der Waals surface area contributed by atoms with Gasteiger partial charge in [0.1, 0.15) is 10.7 Å². The molecule has 3 aromatic carbocycles. The summed E-state index contributed by atoms with van der Waals surface area (Å²) in [6.07, 6.45) is 0. The second-order valence-corrected chi connectivity index (χ2v) is 9.34. The van der Waals surface area contributed by atoms with Gasteiger partial charge in [0.2, 0.25) is 0 Å². The van der Waals surface area contributed by atoms with Crippen LogP contribution in [-0.2, 0) is 16.1 Å². The number of hydrogen-bond donors (Lipinski definition) is 2. The molecule has 0 atom stereocenters. The van der Waals surface area contributed by atoms with Gasteiger partial charge in [0.05, 0.1) is 15.7 Å². The number of halogens is 5. The number of hydrogen-bond acceptors (Lipinski definition) is 4. The first-order valence-electron chi connectivity index (χ1n) is 9.99. The van der Waals surface area contributed by atoms with E-state index in [2.05, 4.69) is 10.6 Å². The number of carbonyl (C=O) groups is 3. The molecule has 2 N–H and O–H groups in total. The third-order valence-corrected chi connectivity index (χ3v) is 6.82. The van der Waals surface area contributed by atoms with Gasteiger partial charge in [0.15, 0.2) is 0 Å². The zero-order chi connectivity index (χ0) is 25.3. The quantitative estimate of drug-likeness (QED) is 0.325. The predicted molar refractivity (Wildman–Crippen MR) is 140 cm³/mol. The van der Waals surface area contributed by atoms with Gasteiger partial charge in [-0.25, -0.2) is 4.90 Å². The van der Waals surface area contributed by atoms with Crippen molar-refractivity contribution in [3.63, 3.8) is 0 Å². The molecule has 0 saturated carbocycles. The van der Waals surface area contributed by atoms with E-state index in [-0.39, 0.29) is 38.9 Å². The molecule has 0 radical (unpaired) electrons. The molecule has 6 nitrogen and oxygen atoms in total. The summed E-state index contributed by atoms with van der Waals surface area (Å²) in [5.74, 6) is -1.75. The van der Waals surface area contributed by atoms with Gasteiger partial charge in [0.25, 0.3) is 17.7 Å². The van der Waals surface area contributed by atoms with Crippen molar-refractivity contribution >= 4 is 87.1 Å². The van der Waals surface area contributed by atoms with E-state index in [1.165, 1.54) is 12.1 Å². The molecule has 1 aliphatic rings. The number of rotatable bonds is 6. The summed E-state index contributed by atoms with van der Waals surface area (Å²) in [5, 5.41) is 6.51. The van der Waals surface area contributed by atoms with Gasteiger partial charge < -0.3 is 10.6 Å². The summed E-state index contributed by atoms with van der Waals surface area (Å²) >= 11 is 30.4. The lowest BCUT2D eigenvalue weighted by atomic mass is 10.1. The minimum absolute atomic E-state index is 0.0526. The van der Waals surface area contributed by atoms with Crippen LogP contribution >= 0.6 is 58.0 Å². The van der Waals surface area contributed by atoms with E-state index in [1.807, 2.05) is 0 Å². The number of imide groups is 1. The number of nitrogens with one attached hydrogen (secondary N) is 2. The highest BCUT2D eigenvalue weighted by molar-refractivity contribution is 6.54. The first-order chi connectivity index (χ1) is 16.7. The first kappa shape index (κ1) is 25.4. The van der Waals surface area contributed by atoms with Gasteiger partial charge in [-0.3, -0.25) is 14.4 Å². The average Bonchev–Trinajstić information content (AvgIpc) is 3.04. The average molecular weight is 570 g/mol. The van der Waals surface area contributed by atoms with Crippen LogP contribution in [0.3, 0.4) is 0 Å². The van der Waals surface area contributed by atoms with E-state index in [4.69, 9.17) is 58.0 Å². The SMILES string of the molecule is O=C(NCc1ccc(Cl)cc1Cl)c1ccc(NC2=C(Cl)C(=O)N(c3cccc(Cl)c3Cl)C2=O)cc1. The molecule has 1 heterocycles. The Morgan fingerprint density at radius 2 is 1.54 bits per heavy atom. The smallest absolute Gasteiger partial charge is 0.283 e. The summed E-state index contributed by atoms with van der Waals surface area (Å²) in [6, 6.07) is 15.9. The van der Waals surface area contributed by atoms with Gasteiger partial charge >= 0.3 is 0 Å². The van der Waals surface area contributed by atoms with E-state index in [9.17, 15) is 14.4 Å². The molecule has 3 amide bonds. The Morgan fingerprint density at radius 1 is 0.829 bits per heavy atom. The van der Waals surface area contributed by atoms with E-state index in [0.717, 1.165) is 10.5 Å². The van der Waals surface area contributed by atoms with Crippen LogP contribution in [0.4, 0.5) is 11.4 Å². The molecule has 0 aromatic heterocycles. The van der Waals surface area contributed by atoms with Crippen molar-refractivity contribution in [3.8, 4) is 0 Å². The molecule has 0 bridgehead atoms. The van der Waals surface area contributed by atoms with E-state index < -0.39 is 11.8 Å². The molecule has 1 aliphatic heterocycles. The Morgan fingerprint density at radius 3 is 2.23 bits per heavy atom. The Balaban J connectivity index is 1.45. The van der Waals surface area contributed by atoms with Crippen LogP contribution in [0.1, 0.15) is 15.9 Å². The summed E-state index contributed by atoms with van der Waals surface area (Å²) in [7, 11) is 0. The van der Waals surface area contributed by atoms with Crippen molar-refractivity contribution in [3.05, 3.63) is 103 Å². The van der Waals surface area contributed by atoms with E-state index >= 15 is 0 Å². The number of carbonyl (C=O) groups excluding carboxylic acids is 3. The molecule has 0 spiro atoms. The Bertz CT molecular complexity index is 1390. The minimum atomic E-state index is -0.736.